The summed E-state index contributed by atoms with van der Waals surface area (Å²) >= 11 is 0. The number of carbonyl (C=O) groups excluding carboxylic acids is 1. The van der Waals surface area contributed by atoms with E-state index in [1.807, 2.05) is 20.8 Å². The normalized spacial score (nSPS) is 17.9. The first kappa shape index (κ1) is 17.2. The van der Waals surface area contributed by atoms with Gasteiger partial charge in [-0.25, -0.2) is 4.79 Å². The van der Waals surface area contributed by atoms with E-state index in [0.29, 0.717) is 30.6 Å². The third-order valence-corrected chi connectivity index (χ3v) is 3.49. The maximum Gasteiger partial charge on any atom is 0.410 e. The monoisotopic (exact) mass is 323 g/mol. The molecule has 0 unspecified atom stereocenters. The minimum atomic E-state index is -0.503. The van der Waals surface area contributed by atoms with Crippen LogP contribution in [0.25, 0.3) is 0 Å². The number of nitrogen functional groups attached to an aromatic ring is 1. The van der Waals surface area contributed by atoms with Crippen molar-refractivity contribution in [1.82, 2.24) is 9.88 Å². The Labute approximate surface area is 136 Å². The Morgan fingerprint density at radius 3 is 2.83 bits per heavy atom. The zero-order valence-electron chi connectivity index (χ0n) is 14.2. The van der Waals surface area contributed by atoms with Gasteiger partial charge in [0, 0.05) is 12.6 Å². The fraction of sp³-hybridized carbons (Fsp3) is 0.625. The second-order valence-corrected chi connectivity index (χ2v) is 6.53. The lowest BCUT2D eigenvalue weighted by Crippen LogP contribution is -2.42. The molecule has 128 valence electrons. The number of ether oxygens (including phenoxy) is 3. The lowest BCUT2D eigenvalue weighted by molar-refractivity contribution is 0.0185. The van der Waals surface area contributed by atoms with E-state index in [-0.39, 0.29) is 12.1 Å². The molecule has 1 aliphatic heterocycles. The summed E-state index contributed by atoms with van der Waals surface area (Å²) in [6.07, 6.45) is 1.52. The first-order chi connectivity index (χ1) is 10.8. The third-order valence-electron chi connectivity index (χ3n) is 3.49. The van der Waals surface area contributed by atoms with Crippen molar-refractivity contribution in [2.45, 2.75) is 45.3 Å². The third kappa shape index (κ3) is 4.64. The minimum Gasteiger partial charge on any atom is -0.479 e. The molecule has 2 N–H and O–H groups in total. The molecule has 0 aliphatic carbocycles. The van der Waals surface area contributed by atoms with Gasteiger partial charge in [0.2, 0.25) is 11.8 Å². The molecular weight excluding hydrogens is 298 g/mol. The van der Waals surface area contributed by atoms with Crippen LogP contribution in [0.15, 0.2) is 12.1 Å². The van der Waals surface area contributed by atoms with Crippen LogP contribution in [0.5, 0.6) is 11.8 Å². The summed E-state index contributed by atoms with van der Waals surface area (Å²) in [7, 11) is 1.50. The first-order valence-electron chi connectivity index (χ1n) is 7.73. The van der Waals surface area contributed by atoms with E-state index in [1.54, 1.807) is 17.0 Å². The minimum absolute atomic E-state index is 0.0183. The van der Waals surface area contributed by atoms with Crippen molar-refractivity contribution in [2.24, 2.45) is 0 Å². The Morgan fingerprint density at radius 1 is 1.43 bits per heavy atom. The molecule has 0 bridgehead atoms. The van der Waals surface area contributed by atoms with Crippen molar-refractivity contribution in [2.75, 3.05) is 26.0 Å². The predicted octanol–water partition coefficient (Wildman–Crippen LogP) is 2.45. The zero-order chi connectivity index (χ0) is 17.0. The lowest BCUT2D eigenvalue weighted by Gasteiger charge is -2.28. The number of amides is 1. The lowest BCUT2D eigenvalue weighted by atomic mass is 10.2. The fourth-order valence-electron chi connectivity index (χ4n) is 2.43. The average molecular weight is 323 g/mol. The van der Waals surface area contributed by atoms with Gasteiger partial charge in [-0.15, -0.1) is 0 Å². The number of methoxy groups -OCH3 is 1. The number of hydrogen-bond acceptors (Lipinski definition) is 6. The Bertz CT molecular complexity index is 557. The van der Waals surface area contributed by atoms with Crippen LogP contribution in [0, 0.1) is 0 Å². The standard InChI is InChI=1S/C16H25N3O4/c1-16(2,3)23-15(20)19-9-5-6-11(19)10-22-13-8-7-12(17)14(18-13)21-4/h7-8,11H,5-6,9-10,17H2,1-4H3/t11-/m0/s1. The number of aromatic nitrogens is 1. The Morgan fingerprint density at radius 2 is 2.17 bits per heavy atom. The van der Waals surface area contributed by atoms with Crippen LogP contribution in [0.4, 0.5) is 10.5 Å². The topological polar surface area (TPSA) is 86.9 Å². The molecule has 7 heteroatoms. The number of pyridine rings is 1. The van der Waals surface area contributed by atoms with Crippen molar-refractivity contribution in [3.8, 4) is 11.8 Å². The van der Waals surface area contributed by atoms with E-state index >= 15 is 0 Å². The number of likely N-dealkylation sites (tertiary alicyclic amines) is 1. The van der Waals surface area contributed by atoms with E-state index in [4.69, 9.17) is 19.9 Å². The SMILES string of the molecule is COc1nc(OC[C@@H]2CCCN2C(=O)OC(C)(C)C)ccc1N. The van der Waals surface area contributed by atoms with Gasteiger partial charge in [-0.3, -0.25) is 0 Å². The van der Waals surface area contributed by atoms with Crippen molar-refractivity contribution in [1.29, 1.82) is 0 Å². The van der Waals surface area contributed by atoms with Gasteiger partial charge in [-0.2, -0.15) is 4.98 Å². The first-order valence-corrected chi connectivity index (χ1v) is 7.73. The van der Waals surface area contributed by atoms with E-state index in [0.717, 1.165) is 12.8 Å². The number of nitrogens with zero attached hydrogens (tertiary/aromatic N) is 2. The van der Waals surface area contributed by atoms with Crippen LogP contribution < -0.4 is 15.2 Å². The van der Waals surface area contributed by atoms with Gasteiger partial charge >= 0.3 is 6.09 Å². The van der Waals surface area contributed by atoms with Crippen molar-refractivity contribution >= 4 is 11.8 Å². The van der Waals surface area contributed by atoms with Crippen LogP contribution in [0.1, 0.15) is 33.6 Å². The molecule has 1 amide bonds. The summed E-state index contributed by atoms with van der Waals surface area (Å²) in [5.74, 6) is 0.755. The van der Waals surface area contributed by atoms with E-state index in [2.05, 4.69) is 4.98 Å². The quantitative estimate of drug-likeness (QED) is 0.916. The predicted molar refractivity (Wildman–Crippen MR) is 86.7 cm³/mol. The van der Waals surface area contributed by atoms with E-state index in [9.17, 15) is 4.79 Å². The summed E-state index contributed by atoms with van der Waals surface area (Å²) in [6.45, 7) is 6.62. The molecule has 1 aliphatic rings. The van der Waals surface area contributed by atoms with E-state index < -0.39 is 5.60 Å². The summed E-state index contributed by atoms with van der Waals surface area (Å²) in [5, 5.41) is 0. The molecule has 0 saturated carbocycles. The molecule has 23 heavy (non-hydrogen) atoms. The average Bonchev–Trinajstić information content (AvgIpc) is 2.93. The van der Waals surface area contributed by atoms with Crippen LogP contribution in [-0.2, 0) is 4.74 Å². The number of carbonyl (C=O) groups is 1. The molecule has 1 aromatic heterocycles. The molecule has 1 aromatic rings. The van der Waals surface area contributed by atoms with Crippen molar-refractivity contribution < 1.29 is 19.0 Å². The van der Waals surface area contributed by atoms with E-state index in [1.165, 1.54) is 7.11 Å². The Balaban J connectivity index is 1.95. The second kappa shape index (κ2) is 6.93. The number of anilines is 1. The fourth-order valence-corrected chi connectivity index (χ4v) is 2.43. The van der Waals surface area contributed by atoms with Crippen LogP contribution in [-0.4, -0.2) is 47.9 Å². The molecule has 2 heterocycles. The Kier molecular flexibility index (Phi) is 5.18. The zero-order valence-corrected chi connectivity index (χ0v) is 14.2. The van der Waals surface area contributed by atoms with Gasteiger partial charge in [0.25, 0.3) is 0 Å². The maximum absolute atomic E-state index is 12.2. The smallest absolute Gasteiger partial charge is 0.410 e. The summed E-state index contributed by atoms with van der Waals surface area (Å²) in [5.41, 5.74) is 5.68. The second-order valence-electron chi connectivity index (χ2n) is 6.53. The van der Waals surface area contributed by atoms with Gasteiger partial charge in [0.15, 0.2) is 0 Å². The molecule has 7 nitrogen and oxygen atoms in total. The molecule has 0 aromatic carbocycles. The summed E-state index contributed by atoms with van der Waals surface area (Å²) in [6, 6.07) is 3.35. The number of nitrogens with two attached hydrogens (primary N) is 1. The van der Waals surface area contributed by atoms with Crippen LogP contribution >= 0.6 is 0 Å². The highest BCUT2D eigenvalue weighted by Gasteiger charge is 2.32. The summed E-state index contributed by atoms with van der Waals surface area (Å²) in [4.78, 5) is 18.1. The molecular formula is C16H25N3O4. The van der Waals surface area contributed by atoms with Crippen molar-refractivity contribution in [3.63, 3.8) is 0 Å². The highest BCUT2D eigenvalue weighted by molar-refractivity contribution is 5.69. The van der Waals surface area contributed by atoms with Gasteiger partial charge < -0.3 is 24.8 Å². The molecule has 1 fully saturated rings. The number of rotatable bonds is 4. The van der Waals surface area contributed by atoms with Crippen LogP contribution in [0.3, 0.4) is 0 Å². The largest absolute Gasteiger partial charge is 0.479 e. The molecule has 0 radical (unpaired) electrons. The molecule has 0 spiro atoms. The number of hydrogen-bond donors (Lipinski definition) is 1. The van der Waals surface area contributed by atoms with Gasteiger partial charge in [0.1, 0.15) is 12.2 Å². The van der Waals surface area contributed by atoms with Gasteiger partial charge in [-0.1, -0.05) is 0 Å². The van der Waals surface area contributed by atoms with Crippen molar-refractivity contribution in [3.05, 3.63) is 12.1 Å². The molecule has 2 rings (SSSR count). The van der Waals surface area contributed by atoms with Crippen LogP contribution in [0.2, 0.25) is 0 Å². The maximum atomic E-state index is 12.2. The van der Waals surface area contributed by atoms with Gasteiger partial charge in [-0.05, 0) is 39.7 Å². The molecule has 1 atom stereocenters. The Hall–Kier alpha value is -2.18. The molecule has 1 saturated heterocycles. The van der Waals surface area contributed by atoms with Gasteiger partial charge in [0.05, 0.1) is 18.8 Å². The highest BCUT2D eigenvalue weighted by Crippen LogP contribution is 2.24. The highest BCUT2D eigenvalue weighted by atomic mass is 16.6. The summed E-state index contributed by atoms with van der Waals surface area (Å²) < 4.78 is 16.2.